The second kappa shape index (κ2) is 19.4. The molecular formula is C68H30N12. The van der Waals surface area contributed by atoms with Gasteiger partial charge in [0.05, 0.1) is 139 Å². The lowest BCUT2D eigenvalue weighted by Crippen LogP contribution is -2.04. The molecule has 362 valence electrons. The van der Waals surface area contributed by atoms with Gasteiger partial charge in [0.2, 0.25) is 0 Å². The van der Waals surface area contributed by atoms with Crippen molar-refractivity contribution in [1.29, 1.82) is 47.4 Å². The van der Waals surface area contributed by atoms with Crippen molar-refractivity contribution in [2.45, 2.75) is 0 Å². The van der Waals surface area contributed by atoms with Crippen molar-refractivity contribution in [2.24, 2.45) is 0 Å². The van der Waals surface area contributed by atoms with Crippen molar-refractivity contribution < 1.29 is 0 Å². The largest absolute Gasteiger partial charge is 0.307 e. The molecule has 3 aromatic heterocycles. The molecule has 0 saturated heterocycles. The SMILES string of the molecule is N#Cc1cc(C#N)cc(-c2ccc3c4ccc(-c5cc(C#N)cc(C#N)c5)cc4n(-c4cc(-c5cccc(C#N)c5)c(-n5c6cc(-c7cc(C#N)cc(C#N)c7)ccc6c6ccc(-c7cc(C#N)cc(C#N)c7)cc65)cn4)c3c2)c1. The maximum Gasteiger partial charge on any atom is 0.138 e. The van der Waals surface area contributed by atoms with E-state index in [-0.39, 0.29) is 0 Å². The Hall–Kier alpha value is -12.9. The van der Waals surface area contributed by atoms with Crippen LogP contribution < -0.4 is 0 Å². The van der Waals surface area contributed by atoms with E-state index in [1.807, 2.05) is 102 Å². The zero-order valence-electron chi connectivity index (χ0n) is 41.7. The lowest BCUT2D eigenvalue weighted by Gasteiger charge is -2.17. The Labute approximate surface area is 456 Å². The third-order valence-electron chi connectivity index (χ3n) is 14.3. The zero-order chi connectivity index (χ0) is 55.2. The van der Waals surface area contributed by atoms with Gasteiger partial charge in [0.1, 0.15) is 5.82 Å². The first-order valence-corrected chi connectivity index (χ1v) is 24.7. The lowest BCUT2D eigenvalue weighted by atomic mass is 9.98. The zero-order valence-corrected chi connectivity index (χ0v) is 41.7. The highest BCUT2D eigenvalue weighted by Crippen LogP contribution is 2.43. The van der Waals surface area contributed by atoms with Crippen molar-refractivity contribution >= 4 is 43.6 Å². The van der Waals surface area contributed by atoms with Crippen LogP contribution in [-0.4, -0.2) is 14.1 Å². The monoisotopic (exact) mass is 1010 g/mol. The number of aromatic nitrogens is 3. The van der Waals surface area contributed by atoms with Crippen LogP contribution in [0, 0.1) is 102 Å². The molecule has 0 fully saturated rings. The quantitative estimate of drug-likeness (QED) is 0.146. The second-order valence-corrected chi connectivity index (χ2v) is 18.9. The van der Waals surface area contributed by atoms with Gasteiger partial charge >= 0.3 is 0 Å². The molecule has 0 aliphatic heterocycles. The molecule has 0 aliphatic rings. The lowest BCUT2D eigenvalue weighted by molar-refractivity contribution is 1.06. The summed E-state index contributed by atoms with van der Waals surface area (Å²) in [5, 5.41) is 93.7. The van der Waals surface area contributed by atoms with E-state index in [0.29, 0.717) is 95.0 Å². The average molecular weight is 1020 g/mol. The molecule has 0 radical (unpaired) electrons. The number of rotatable bonds is 7. The van der Waals surface area contributed by atoms with Crippen molar-refractivity contribution in [3.8, 4) is 122 Å². The fourth-order valence-electron chi connectivity index (χ4n) is 10.7. The van der Waals surface area contributed by atoms with Crippen LogP contribution in [0.15, 0.2) is 182 Å². The first-order valence-electron chi connectivity index (χ1n) is 24.7. The highest BCUT2D eigenvalue weighted by atomic mass is 15.1. The first kappa shape index (κ1) is 48.1. The van der Waals surface area contributed by atoms with Crippen LogP contribution in [0.3, 0.4) is 0 Å². The van der Waals surface area contributed by atoms with Gasteiger partial charge in [-0.2, -0.15) is 47.4 Å². The van der Waals surface area contributed by atoms with E-state index in [1.165, 1.54) is 0 Å². The summed E-state index contributed by atoms with van der Waals surface area (Å²) in [7, 11) is 0. The number of hydrogen-bond acceptors (Lipinski definition) is 10. The molecule has 0 saturated carbocycles. The van der Waals surface area contributed by atoms with Gasteiger partial charge in [-0.25, -0.2) is 4.98 Å². The first-order chi connectivity index (χ1) is 39.1. The second-order valence-electron chi connectivity index (χ2n) is 18.9. The molecule has 12 rings (SSSR count). The van der Waals surface area contributed by atoms with Crippen molar-refractivity contribution in [3.05, 3.63) is 232 Å². The fourth-order valence-corrected chi connectivity index (χ4v) is 10.7. The fraction of sp³-hybridized carbons (Fsp3) is 0. The van der Waals surface area contributed by atoms with E-state index < -0.39 is 0 Å². The molecule has 80 heavy (non-hydrogen) atoms. The van der Waals surface area contributed by atoms with Crippen LogP contribution in [-0.2, 0) is 0 Å². The minimum Gasteiger partial charge on any atom is -0.307 e. The summed E-state index contributed by atoms with van der Waals surface area (Å²) in [6.07, 6.45) is 1.78. The van der Waals surface area contributed by atoms with Gasteiger partial charge in [0.15, 0.2) is 0 Å². The van der Waals surface area contributed by atoms with Gasteiger partial charge < -0.3 is 4.57 Å². The number of benzene rings is 9. The minimum atomic E-state index is 0.328. The molecule has 12 aromatic rings. The summed E-state index contributed by atoms with van der Waals surface area (Å²) >= 11 is 0. The van der Waals surface area contributed by atoms with E-state index in [1.54, 1.807) is 85.1 Å². The smallest absolute Gasteiger partial charge is 0.138 e. The van der Waals surface area contributed by atoms with Crippen molar-refractivity contribution in [3.63, 3.8) is 0 Å². The molecule has 0 atom stereocenters. The van der Waals surface area contributed by atoms with Crippen LogP contribution in [0.25, 0.3) is 111 Å². The molecule has 0 bridgehead atoms. The highest BCUT2D eigenvalue weighted by molar-refractivity contribution is 6.13. The Balaban J connectivity index is 1.18. The Morgan fingerprint density at radius 2 is 0.562 bits per heavy atom. The molecular weight excluding hydrogens is 985 g/mol. The van der Waals surface area contributed by atoms with Gasteiger partial charge in [-0.15, -0.1) is 0 Å². The van der Waals surface area contributed by atoms with E-state index >= 15 is 0 Å². The van der Waals surface area contributed by atoms with Gasteiger partial charge in [0.25, 0.3) is 0 Å². The van der Waals surface area contributed by atoms with Gasteiger partial charge in [-0.1, -0.05) is 60.7 Å². The summed E-state index contributed by atoms with van der Waals surface area (Å²) in [5.74, 6) is 0.476. The summed E-state index contributed by atoms with van der Waals surface area (Å²) in [6.45, 7) is 0. The molecule has 12 nitrogen and oxygen atoms in total. The molecule has 9 aromatic carbocycles. The normalized spacial score (nSPS) is 10.6. The summed E-state index contributed by atoms with van der Waals surface area (Å²) in [6, 6.07) is 72.9. The third-order valence-corrected chi connectivity index (χ3v) is 14.3. The molecule has 0 amide bonds. The summed E-state index contributed by atoms with van der Waals surface area (Å²) in [4.78, 5) is 5.35. The van der Waals surface area contributed by atoms with Crippen LogP contribution in [0.1, 0.15) is 50.1 Å². The van der Waals surface area contributed by atoms with Gasteiger partial charge in [-0.05, 0) is 165 Å². The summed E-state index contributed by atoms with van der Waals surface area (Å²) in [5.41, 5.74) is 13.5. The van der Waals surface area contributed by atoms with E-state index in [9.17, 15) is 47.4 Å². The number of fused-ring (bicyclic) bond motifs is 6. The predicted molar refractivity (Wildman–Crippen MR) is 303 cm³/mol. The Morgan fingerprint density at radius 3 is 0.875 bits per heavy atom. The van der Waals surface area contributed by atoms with Crippen LogP contribution >= 0.6 is 0 Å². The predicted octanol–water partition coefficient (Wildman–Crippen LogP) is 14.5. The van der Waals surface area contributed by atoms with E-state index in [2.05, 4.69) is 59.2 Å². The van der Waals surface area contributed by atoms with Crippen molar-refractivity contribution in [2.75, 3.05) is 0 Å². The van der Waals surface area contributed by atoms with Gasteiger partial charge in [0, 0.05) is 27.1 Å². The third kappa shape index (κ3) is 8.26. The van der Waals surface area contributed by atoms with Gasteiger partial charge in [-0.3, -0.25) is 4.57 Å². The molecule has 0 spiro atoms. The summed E-state index contributed by atoms with van der Waals surface area (Å²) < 4.78 is 4.12. The number of nitrogens with zero attached hydrogens (tertiary/aromatic N) is 12. The average Bonchev–Trinajstić information content (AvgIpc) is 4.03. The molecule has 0 N–H and O–H groups in total. The van der Waals surface area contributed by atoms with Crippen LogP contribution in [0.4, 0.5) is 0 Å². The molecule has 0 aliphatic carbocycles. The van der Waals surface area contributed by atoms with Crippen LogP contribution in [0.5, 0.6) is 0 Å². The maximum atomic E-state index is 10.4. The molecule has 3 heterocycles. The van der Waals surface area contributed by atoms with Crippen molar-refractivity contribution in [1.82, 2.24) is 14.1 Å². The number of hydrogen-bond donors (Lipinski definition) is 0. The highest BCUT2D eigenvalue weighted by Gasteiger charge is 2.23. The van der Waals surface area contributed by atoms with E-state index in [4.69, 9.17) is 4.98 Å². The number of pyridine rings is 1. The number of nitriles is 9. The topological polar surface area (TPSA) is 237 Å². The maximum absolute atomic E-state index is 10.4. The Bertz CT molecular complexity index is 4750. The molecule has 12 heteroatoms. The van der Waals surface area contributed by atoms with E-state index in [0.717, 1.165) is 65.9 Å². The van der Waals surface area contributed by atoms with Crippen LogP contribution in [0.2, 0.25) is 0 Å². The molecule has 0 unspecified atom stereocenters. The minimum absolute atomic E-state index is 0.328. The Kier molecular flexibility index (Phi) is 11.7. The Morgan fingerprint density at radius 1 is 0.263 bits per heavy atom. The standard InChI is InChI=1S/C68H30N12/c69-30-40-2-1-3-53(16-40)62-29-68(80-65-27-51(56-21-45(35-74)14-46(22-56)36-75)6-10-60(65)61-11-7-52(28-66(61)80)57-23-47(37-76)15-48(24-57)38-77)78-39-67(62)79-63-25-49(54-17-41(31-70)12-42(18-54)32-71)4-8-58(63)59-9-5-50(26-64(59)79)55-19-43(33-72)13-44(20-55)34-73/h1-29,39H.